The Morgan fingerprint density at radius 2 is 1.92 bits per heavy atom. The lowest BCUT2D eigenvalue weighted by atomic mass is 10.2. The van der Waals surface area contributed by atoms with Gasteiger partial charge in [0.2, 0.25) is 10.0 Å². The molecule has 0 fully saturated rings. The molecule has 1 heterocycles. The van der Waals surface area contributed by atoms with Gasteiger partial charge in [-0.05, 0) is 48.9 Å². The molecule has 0 saturated carbocycles. The standard InChI is InChI=1S/C16H19N3O4S/c1-12-7-8-17-15(11-12)19-16(20)13-3-5-14(6-4-13)24(21,22)18-9-10-23-2/h3-8,11,18H,9-10H2,1-2H3,(H,17,19,20). The van der Waals surface area contributed by atoms with Gasteiger partial charge in [0.05, 0.1) is 11.5 Å². The Morgan fingerprint density at radius 1 is 1.21 bits per heavy atom. The second-order valence-electron chi connectivity index (χ2n) is 5.09. The number of amides is 1. The molecule has 0 aliphatic heterocycles. The molecule has 7 nitrogen and oxygen atoms in total. The van der Waals surface area contributed by atoms with E-state index >= 15 is 0 Å². The number of ether oxygens (including phenoxy) is 1. The lowest BCUT2D eigenvalue weighted by Gasteiger charge is -2.08. The molecule has 2 rings (SSSR count). The number of pyridine rings is 1. The highest BCUT2D eigenvalue weighted by atomic mass is 32.2. The lowest BCUT2D eigenvalue weighted by Crippen LogP contribution is -2.27. The predicted octanol–water partition coefficient (Wildman–Crippen LogP) is 1.57. The van der Waals surface area contributed by atoms with Gasteiger partial charge in [0, 0.05) is 25.4 Å². The molecule has 0 radical (unpaired) electrons. The first-order valence-corrected chi connectivity index (χ1v) is 8.73. The Bertz CT molecular complexity index is 804. The molecule has 0 aliphatic rings. The quantitative estimate of drug-likeness (QED) is 0.740. The van der Waals surface area contributed by atoms with Gasteiger partial charge in [0.25, 0.3) is 5.91 Å². The maximum absolute atomic E-state index is 12.2. The Balaban J connectivity index is 2.07. The van der Waals surface area contributed by atoms with E-state index in [4.69, 9.17) is 4.74 Å². The second kappa shape index (κ2) is 8.00. The Morgan fingerprint density at radius 3 is 2.54 bits per heavy atom. The topological polar surface area (TPSA) is 97.4 Å². The first-order chi connectivity index (χ1) is 11.4. The fraction of sp³-hybridized carbons (Fsp3) is 0.250. The van der Waals surface area contributed by atoms with Crippen LogP contribution in [0.3, 0.4) is 0 Å². The van der Waals surface area contributed by atoms with Crippen LogP contribution in [0, 0.1) is 6.92 Å². The highest BCUT2D eigenvalue weighted by molar-refractivity contribution is 7.89. The highest BCUT2D eigenvalue weighted by Gasteiger charge is 2.14. The smallest absolute Gasteiger partial charge is 0.256 e. The molecule has 8 heteroatoms. The van der Waals surface area contributed by atoms with Crippen LogP contribution in [0.25, 0.3) is 0 Å². The maximum atomic E-state index is 12.2. The van der Waals surface area contributed by atoms with Crippen LogP contribution in [0.2, 0.25) is 0 Å². The molecule has 0 unspecified atom stereocenters. The van der Waals surface area contributed by atoms with E-state index in [2.05, 4.69) is 15.0 Å². The third-order valence-corrected chi connectivity index (χ3v) is 4.66. The molecule has 2 N–H and O–H groups in total. The first-order valence-electron chi connectivity index (χ1n) is 7.25. The Kier molecular flexibility index (Phi) is 6.02. The van der Waals surface area contributed by atoms with Gasteiger partial charge in [0.1, 0.15) is 5.82 Å². The van der Waals surface area contributed by atoms with Crippen molar-refractivity contribution >= 4 is 21.7 Å². The summed E-state index contributed by atoms with van der Waals surface area (Å²) in [5.74, 6) is 0.0855. The van der Waals surface area contributed by atoms with Crippen molar-refractivity contribution in [1.82, 2.24) is 9.71 Å². The number of hydrogen-bond acceptors (Lipinski definition) is 5. The molecule has 2 aromatic rings. The average Bonchev–Trinajstić information content (AvgIpc) is 2.55. The zero-order valence-corrected chi connectivity index (χ0v) is 14.3. The molecule has 0 aliphatic carbocycles. The van der Waals surface area contributed by atoms with Gasteiger partial charge in [-0.2, -0.15) is 0 Å². The summed E-state index contributed by atoms with van der Waals surface area (Å²) in [6, 6.07) is 9.25. The Hall–Kier alpha value is -2.29. The molecule has 0 bridgehead atoms. The van der Waals surface area contributed by atoms with Crippen molar-refractivity contribution in [2.45, 2.75) is 11.8 Å². The van der Waals surface area contributed by atoms with E-state index < -0.39 is 10.0 Å². The number of nitrogens with zero attached hydrogens (tertiary/aromatic N) is 1. The van der Waals surface area contributed by atoms with Crippen LogP contribution in [0.1, 0.15) is 15.9 Å². The minimum atomic E-state index is -3.61. The van der Waals surface area contributed by atoms with Gasteiger partial charge < -0.3 is 10.1 Å². The third kappa shape index (κ3) is 4.85. The number of methoxy groups -OCH3 is 1. The van der Waals surface area contributed by atoms with E-state index in [1.807, 2.05) is 13.0 Å². The molecule has 0 atom stereocenters. The summed E-state index contributed by atoms with van der Waals surface area (Å²) in [5.41, 5.74) is 1.32. The maximum Gasteiger partial charge on any atom is 0.256 e. The number of rotatable bonds is 7. The van der Waals surface area contributed by atoms with Gasteiger partial charge in [-0.25, -0.2) is 18.1 Å². The van der Waals surface area contributed by atoms with Crippen molar-refractivity contribution in [1.29, 1.82) is 0 Å². The predicted molar refractivity (Wildman–Crippen MR) is 90.4 cm³/mol. The summed E-state index contributed by atoms with van der Waals surface area (Å²) >= 11 is 0. The number of anilines is 1. The number of sulfonamides is 1. The van der Waals surface area contributed by atoms with Crippen LogP contribution in [0.5, 0.6) is 0 Å². The van der Waals surface area contributed by atoms with E-state index in [-0.39, 0.29) is 24.0 Å². The van der Waals surface area contributed by atoms with Crippen molar-refractivity contribution in [3.8, 4) is 0 Å². The normalized spacial score (nSPS) is 11.2. The van der Waals surface area contributed by atoms with Crippen LogP contribution in [0.4, 0.5) is 5.82 Å². The van der Waals surface area contributed by atoms with Crippen LogP contribution in [-0.4, -0.2) is 39.6 Å². The largest absolute Gasteiger partial charge is 0.383 e. The number of benzene rings is 1. The van der Waals surface area contributed by atoms with E-state index in [0.717, 1.165) is 5.56 Å². The van der Waals surface area contributed by atoms with Crippen molar-refractivity contribution in [3.05, 3.63) is 53.7 Å². The average molecular weight is 349 g/mol. The van der Waals surface area contributed by atoms with Gasteiger partial charge >= 0.3 is 0 Å². The van der Waals surface area contributed by atoms with Crippen LogP contribution < -0.4 is 10.0 Å². The molecule has 0 saturated heterocycles. The Labute approximate surface area is 141 Å². The monoisotopic (exact) mass is 349 g/mol. The SMILES string of the molecule is COCCNS(=O)(=O)c1ccc(C(=O)Nc2cc(C)ccn2)cc1. The highest BCUT2D eigenvalue weighted by Crippen LogP contribution is 2.12. The molecule has 24 heavy (non-hydrogen) atoms. The van der Waals surface area contributed by atoms with Gasteiger partial charge in [-0.15, -0.1) is 0 Å². The van der Waals surface area contributed by atoms with Gasteiger partial charge in [-0.1, -0.05) is 0 Å². The summed E-state index contributed by atoms with van der Waals surface area (Å²) in [7, 11) is -2.12. The minimum Gasteiger partial charge on any atom is -0.383 e. The second-order valence-corrected chi connectivity index (χ2v) is 6.85. The number of hydrogen-bond donors (Lipinski definition) is 2. The molecular weight excluding hydrogens is 330 g/mol. The van der Waals surface area contributed by atoms with E-state index in [9.17, 15) is 13.2 Å². The summed E-state index contributed by atoms with van der Waals surface area (Å²) in [6.07, 6.45) is 1.60. The van der Waals surface area contributed by atoms with Crippen molar-refractivity contribution in [2.24, 2.45) is 0 Å². The zero-order valence-electron chi connectivity index (χ0n) is 13.4. The number of carbonyl (C=O) groups excluding carboxylic acids is 1. The fourth-order valence-corrected chi connectivity index (χ4v) is 2.95. The van der Waals surface area contributed by atoms with Crippen LogP contribution >= 0.6 is 0 Å². The van der Waals surface area contributed by atoms with E-state index in [1.54, 1.807) is 12.3 Å². The molecule has 1 aromatic carbocycles. The van der Waals surface area contributed by atoms with Gasteiger partial charge in [-0.3, -0.25) is 4.79 Å². The molecule has 0 spiro atoms. The number of aryl methyl sites for hydroxylation is 1. The zero-order chi connectivity index (χ0) is 17.6. The van der Waals surface area contributed by atoms with Crippen molar-refractivity contribution < 1.29 is 17.9 Å². The molecular formula is C16H19N3O4S. The lowest BCUT2D eigenvalue weighted by molar-refractivity contribution is 0.102. The molecule has 1 aromatic heterocycles. The van der Waals surface area contributed by atoms with Crippen LogP contribution in [-0.2, 0) is 14.8 Å². The third-order valence-electron chi connectivity index (χ3n) is 3.18. The number of nitrogens with one attached hydrogen (secondary N) is 2. The van der Waals surface area contributed by atoms with Crippen molar-refractivity contribution in [3.63, 3.8) is 0 Å². The fourth-order valence-electron chi connectivity index (χ4n) is 1.94. The number of carbonyl (C=O) groups is 1. The van der Waals surface area contributed by atoms with E-state index in [1.165, 1.54) is 31.4 Å². The first kappa shape index (κ1) is 18.1. The summed E-state index contributed by atoms with van der Waals surface area (Å²) in [4.78, 5) is 16.3. The summed E-state index contributed by atoms with van der Waals surface area (Å²) < 4.78 is 31.3. The number of aromatic nitrogens is 1. The van der Waals surface area contributed by atoms with E-state index in [0.29, 0.717) is 11.4 Å². The molecule has 1 amide bonds. The summed E-state index contributed by atoms with van der Waals surface area (Å²) in [6.45, 7) is 2.36. The summed E-state index contributed by atoms with van der Waals surface area (Å²) in [5, 5.41) is 2.67. The van der Waals surface area contributed by atoms with Crippen molar-refractivity contribution in [2.75, 3.05) is 25.6 Å². The van der Waals surface area contributed by atoms with Gasteiger partial charge in [0.15, 0.2) is 0 Å². The molecule has 128 valence electrons. The van der Waals surface area contributed by atoms with Crippen LogP contribution in [0.15, 0.2) is 47.5 Å². The minimum absolute atomic E-state index is 0.0869.